The van der Waals surface area contributed by atoms with Gasteiger partial charge in [0.15, 0.2) is 0 Å². The highest BCUT2D eigenvalue weighted by Gasteiger charge is 2.23. The fraction of sp³-hybridized carbons (Fsp3) is 0.462. The van der Waals surface area contributed by atoms with Gasteiger partial charge in [-0.1, -0.05) is 0 Å². The summed E-state index contributed by atoms with van der Waals surface area (Å²) in [6.45, 7) is 0. The van der Waals surface area contributed by atoms with Gasteiger partial charge in [0.05, 0.1) is 11.8 Å². The molecular weight excluding hydrogens is 226 g/mol. The van der Waals surface area contributed by atoms with E-state index in [0.29, 0.717) is 11.8 Å². The van der Waals surface area contributed by atoms with Crippen LogP contribution in [0.25, 0.3) is 0 Å². The minimum absolute atomic E-state index is 0.222. The molecule has 0 spiro atoms. The van der Waals surface area contributed by atoms with Crippen LogP contribution in [0.2, 0.25) is 0 Å². The number of aromatic nitrogens is 1. The zero-order chi connectivity index (χ0) is 13.0. The van der Waals surface area contributed by atoms with E-state index >= 15 is 0 Å². The van der Waals surface area contributed by atoms with Gasteiger partial charge in [-0.25, -0.2) is 4.99 Å². The Labute approximate surface area is 106 Å². The van der Waals surface area contributed by atoms with Gasteiger partial charge in [-0.05, 0) is 43.7 Å². The van der Waals surface area contributed by atoms with Crippen LogP contribution in [0.5, 0.6) is 0 Å². The van der Waals surface area contributed by atoms with E-state index in [9.17, 15) is 0 Å². The van der Waals surface area contributed by atoms with Crippen molar-refractivity contribution in [2.75, 3.05) is 0 Å². The minimum atomic E-state index is 0.222. The van der Waals surface area contributed by atoms with Gasteiger partial charge < -0.3 is 10.7 Å². The number of nitrogens with one attached hydrogen (secondary N) is 2. The third-order valence-electron chi connectivity index (χ3n) is 3.54. The van der Waals surface area contributed by atoms with E-state index in [1.807, 2.05) is 12.1 Å². The fourth-order valence-corrected chi connectivity index (χ4v) is 2.47. The van der Waals surface area contributed by atoms with Gasteiger partial charge in [0.1, 0.15) is 12.2 Å². The highest BCUT2D eigenvalue weighted by molar-refractivity contribution is 5.99. The predicted molar refractivity (Wildman–Crippen MR) is 70.6 cm³/mol. The molecule has 1 aromatic heterocycles. The van der Waals surface area contributed by atoms with E-state index < -0.39 is 0 Å². The Morgan fingerprint density at radius 3 is 2.78 bits per heavy atom. The second-order valence-electron chi connectivity index (χ2n) is 4.65. The molecule has 0 radical (unpaired) electrons. The first-order valence-electron chi connectivity index (χ1n) is 6.15. The molecule has 0 amide bonds. The molecule has 1 saturated carbocycles. The van der Waals surface area contributed by atoms with E-state index in [0.717, 1.165) is 43.4 Å². The van der Waals surface area contributed by atoms with Crippen molar-refractivity contribution < 1.29 is 0 Å². The first-order valence-corrected chi connectivity index (χ1v) is 6.15. The summed E-state index contributed by atoms with van der Waals surface area (Å²) in [5.41, 5.74) is 7.63. The molecule has 0 unspecified atom stereocenters. The molecule has 0 aliphatic heterocycles. The quantitative estimate of drug-likeness (QED) is 0.559. The summed E-state index contributed by atoms with van der Waals surface area (Å²) in [5, 5.41) is 15.8. The average molecular weight is 243 g/mol. The van der Waals surface area contributed by atoms with Crippen LogP contribution in [0, 0.1) is 22.7 Å². The molecule has 0 bridgehead atoms. The lowest BCUT2D eigenvalue weighted by Gasteiger charge is -2.23. The van der Waals surface area contributed by atoms with Crippen molar-refractivity contribution in [3.63, 3.8) is 0 Å². The van der Waals surface area contributed by atoms with Gasteiger partial charge in [0, 0.05) is 11.6 Å². The summed E-state index contributed by atoms with van der Waals surface area (Å²) in [6.07, 6.45) is 4.97. The molecule has 0 aromatic carbocycles. The molecule has 2 rings (SSSR count). The highest BCUT2D eigenvalue weighted by atomic mass is 14.9. The van der Waals surface area contributed by atoms with E-state index in [2.05, 4.69) is 16.0 Å². The standard InChI is InChI=1S/C13H17N5/c14-7-9-1-3-10(4-2-9)11-5-6-12(18-11)13(16)17-8-15/h5-6,8-10,18H,1-4H2,(H3,15,16,17). The third kappa shape index (κ3) is 2.59. The van der Waals surface area contributed by atoms with Gasteiger partial charge in [-0.15, -0.1) is 0 Å². The smallest absolute Gasteiger partial charge is 0.148 e. The van der Waals surface area contributed by atoms with E-state index in [4.69, 9.17) is 16.4 Å². The van der Waals surface area contributed by atoms with Crippen LogP contribution in [-0.4, -0.2) is 17.2 Å². The lowest BCUT2D eigenvalue weighted by molar-refractivity contribution is 0.378. The van der Waals surface area contributed by atoms with Crippen LogP contribution >= 0.6 is 0 Å². The second-order valence-corrected chi connectivity index (χ2v) is 4.65. The molecule has 94 valence electrons. The maximum absolute atomic E-state index is 8.87. The van der Waals surface area contributed by atoms with Crippen molar-refractivity contribution in [1.29, 1.82) is 10.7 Å². The van der Waals surface area contributed by atoms with E-state index in [1.54, 1.807) is 0 Å². The Hall–Kier alpha value is -2.09. The van der Waals surface area contributed by atoms with Gasteiger partial charge in [-0.3, -0.25) is 5.41 Å². The first-order chi connectivity index (χ1) is 8.74. The maximum Gasteiger partial charge on any atom is 0.148 e. The molecule has 5 heteroatoms. The number of rotatable bonds is 3. The Morgan fingerprint density at radius 1 is 1.44 bits per heavy atom. The number of nitrogens with two attached hydrogens (primary N) is 1. The number of H-pyrrole nitrogens is 1. The van der Waals surface area contributed by atoms with Crippen LogP contribution in [0.1, 0.15) is 43.0 Å². The summed E-state index contributed by atoms with van der Waals surface area (Å²) in [6, 6.07) is 6.27. The van der Waals surface area contributed by atoms with Crippen molar-refractivity contribution >= 4 is 12.2 Å². The number of hydrogen-bond acceptors (Lipinski definition) is 2. The third-order valence-corrected chi connectivity index (χ3v) is 3.54. The molecule has 1 aliphatic carbocycles. The van der Waals surface area contributed by atoms with Crippen molar-refractivity contribution in [3.05, 3.63) is 23.5 Å². The zero-order valence-electron chi connectivity index (χ0n) is 10.2. The van der Waals surface area contributed by atoms with Crippen LogP contribution in [0.4, 0.5) is 0 Å². The monoisotopic (exact) mass is 243 g/mol. The first kappa shape index (κ1) is 12.4. The SMILES string of the molecule is N#CC1CCC(c2ccc(/C(N)=N\C=N)[nH]2)CC1. The highest BCUT2D eigenvalue weighted by Crippen LogP contribution is 2.34. The molecule has 1 aliphatic rings. The van der Waals surface area contributed by atoms with E-state index in [1.165, 1.54) is 0 Å². The second kappa shape index (κ2) is 5.50. The molecule has 1 fully saturated rings. The normalized spacial score (nSPS) is 24.5. The Kier molecular flexibility index (Phi) is 3.78. The van der Waals surface area contributed by atoms with Gasteiger partial charge in [0.2, 0.25) is 0 Å². The maximum atomic E-state index is 8.87. The summed E-state index contributed by atoms with van der Waals surface area (Å²) in [7, 11) is 0. The summed E-state index contributed by atoms with van der Waals surface area (Å²) < 4.78 is 0. The average Bonchev–Trinajstić information content (AvgIpc) is 2.89. The lowest BCUT2D eigenvalue weighted by Crippen LogP contribution is -2.15. The predicted octanol–water partition coefficient (Wildman–Crippen LogP) is 2.12. The molecule has 4 N–H and O–H groups in total. The lowest BCUT2D eigenvalue weighted by atomic mass is 9.81. The minimum Gasteiger partial charge on any atom is -0.382 e. The van der Waals surface area contributed by atoms with Crippen LogP contribution in [0.15, 0.2) is 17.1 Å². The Balaban J connectivity index is 2.05. The number of hydrogen-bond donors (Lipinski definition) is 3. The van der Waals surface area contributed by atoms with Crippen molar-refractivity contribution in [2.45, 2.75) is 31.6 Å². The summed E-state index contributed by atoms with van der Waals surface area (Å²) >= 11 is 0. The number of amidine groups is 1. The summed E-state index contributed by atoms with van der Waals surface area (Å²) in [4.78, 5) is 7.00. The largest absolute Gasteiger partial charge is 0.382 e. The number of aromatic amines is 1. The number of nitrogens with zero attached hydrogens (tertiary/aromatic N) is 2. The molecular formula is C13H17N5. The fourth-order valence-electron chi connectivity index (χ4n) is 2.47. The Bertz CT molecular complexity index is 486. The van der Waals surface area contributed by atoms with Crippen LogP contribution < -0.4 is 5.73 Å². The van der Waals surface area contributed by atoms with Crippen molar-refractivity contribution in [3.8, 4) is 6.07 Å². The molecule has 1 aromatic rings. The van der Waals surface area contributed by atoms with Gasteiger partial charge in [-0.2, -0.15) is 5.26 Å². The van der Waals surface area contributed by atoms with Gasteiger partial charge in [0.25, 0.3) is 0 Å². The summed E-state index contributed by atoms with van der Waals surface area (Å²) in [5.74, 6) is 1.04. The van der Waals surface area contributed by atoms with Gasteiger partial charge >= 0.3 is 0 Å². The van der Waals surface area contributed by atoms with Crippen molar-refractivity contribution in [2.24, 2.45) is 16.6 Å². The Morgan fingerprint density at radius 2 is 2.17 bits per heavy atom. The zero-order valence-corrected chi connectivity index (χ0v) is 10.2. The molecule has 18 heavy (non-hydrogen) atoms. The van der Waals surface area contributed by atoms with Crippen LogP contribution in [0.3, 0.4) is 0 Å². The number of aliphatic imine (C=N–C) groups is 1. The molecule has 5 nitrogen and oxygen atoms in total. The van der Waals surface area contributed by atoms with Crippen LogP contribution in [-0.2, 0) is 0 Å². The van der Waals surface area contributed by atoms with Crippen molar-refractivity contribution in [1.82, 2.24) is 4.98 Å². The molecule has 0 saturated heterocycles. The topological polar surface area (TPSA) is 102 Å². The molecule has 0 atom stereocenters. The number of nitriles is 1. The molecule has 1 heterocycles. The van der Waals surface area contributed by atoms with E-state index in [-0.39, 0.29) is 5.92 Å².